The summed E-state index contributed by atoms with van der Waals surface area (Å²) in [6.07, 6.45) is 1.27. The molecule has 0 spiro atoms. The van der Waals surface area contributed by atoms with Gasteiger partial charge in [-0.2, -0.15) is 0 Å². The van der Waals surface area contributed by atoms with Crippen LogP contribution in [-0.2, 0) is 21.2 Å². The van der Waals surface area contributed by atoms with Crippen molar-refractivity contribution in [1.29, 1.82) is 0 Å². The van der Waals surface area contributed by atoms with Gasteiger partial charge in [0.15, 0.2) is 0 Å². The van der Waals surface area contributed by atoms with E-state index >= 15 is 0 Å². The number of anilines is 1. The van der Waals surface area contributed by atoms with Crippen molar-refractivity contribution in [3.63, 3.8) is 0 Å². The average Bonchev–Trinajstić information content (AvgIpc) is 2.81. The van der Waals surface area contributed by atoms with Gasteiger partial charge in [-0.25, -0.2) is 12.8 Å². The molecule has 0 saturated heterocycles. The van der Waals surface area contributed by atoms with Crippen molar-refractivity contribution >= 4 is 33.2 Å². The van der Waals surface area contributed by atoms with Gasteiger partial charge in [-0.1, -0.05) is 41.4 Å². The van der Waals surface area contributed by atoms with E-state index in [1.807, 2.05) is 6.92 Å². The Morgan fingerprint density at radius 2 is 1.74 bits per heavy atom. The number of nitrogens with one attached hydrogen (secondary N) is 1. The highest BCUT2D eigenvalue weighted by Crippen LogP contribution is 2.32. The highest BCUT2D eigenvalue weighted by Gasteiger charge is 2.27. The number of hydrogen-bond donors (Lipinski definition) is 1. The van der Waals surface area contributed by atoms with Crippen LogP contribution in [0, 0.1) is 12.7 Å². The van der Waals surface area contributed by atoms with Gasteiger partial charge in [0.1, 0.15) is 18.1 Å². The van der Waals surface area contributed by atoms with Crippen molar-refractivity contribution < 1.29 is 22.3 Å². The van der Waals surface area contributed by atoms with Crippen molar-refractivity contribution in [3.05, 3.63) is 88.7 Å². The number of halogens is 2. The Morgan fingerprint density at radius 3 is 2.35 bits per heavy atom. The molecule has 34 heavy (non-hydrogen) atoms. The Morgan fingerprint density at radius 1 is 1.06 bits per heavy atom. The molecule has 0 saturated carbocycles. The summed E-state index contributed by atoms with van der Waals surface area (Å²) < 4.78 is 46.1. The molecule has 6 nitrogen and oxygen atoms in total. The van der Waals surface area contributed by atoms with E-state index in [1.165, 1.54) is 43.5 Å². The lowest BCUT2D eigenvalue weighted by Gasteiger charge is -2.24. The van der Waals surface area contributed by atoms with Gasteiger partial charge < -0.3 is 10.1 Å². The number of benzene rings is 3. The van der Waals surface area contributed by atoms with Crippen LogP contribution in [0.3, 0.4) is 0 Å². The highest BCUT2D eigenvalue weighted by atomic mass is 35.5. The normalized spacial score (nSPS) is 11.2. The molecule has 0 radical (unpaired) electrons. The fourth-order valence-electron chi connectivity index (χ4n) is 3.32. The van der Waals surface area contributed by atoms with E-state index in [0.29, 0.717) is 25.1 Å². The van der Waals surface area contributed by atoms with Gasteiger partial charge in [0.05, 0.1) is 22.7 Å². The predicted octanol–water partition coefficient (Wildman–Crippen LogP) is 4.74. The molecule has 1 amide bonds. The van der Waals surface area contributed by atoms with Crippen molar-refractivity contribution in [2.75, 3.05) is 24.5 Å². The zero-order valence-electron chi connectivity index (χ0n) is 18.9. The minimum atomic E-state index is -4.04. The van der Waals surface area contributed by atoms with Crippen LogP contribution in [0.1, 0.15) is 17.5 Å². The molecule has 0 fully saturated rings. The molecule has 3 aromatic carbocycles. The summed E-state index contributed by atoms with van der Waals surface area (Å²) >= 11 is 6.23. The number of amides is 1. The number of carbonyl (C=O) groups excluding carboxylic acids is 1. The third-order valence-electron chi connectivity index (χ3n) is 5.20. The van der Waals surface area contributed by atoms with E-state index in [0.717, 1.165) is 15.4 Å². The van der Waals surface area contributed by atoms with Crippen LogP contribution in [0.15, 0.2) is 71.6 Å². The fraction of sp³-hybridized carbons (Fsp3) is 0.240. The highest BCUT2D eigenvalue weighted by molar-refractivity contribution is 7.92. The molecular weight excluding hydrogens is 479 g/mol. The summed E-state index contributed by atoms with van der Waals surface area (Å²) in [4.78, 5) is 12.8. The SMILES string of the molecule is COc1ccc(N(CC(=O)NCCCc2ccc(F)cc2)S(=O)(=O)c2ccc(C)cc2)cc1Cl. The quantitative estimate of drug-likeness (QED) is 0.405. The minimum Gasteiger partial charge on any atom is -0.495 e. The zero-order valence-corrected chi connectivity index (χ0v) is 20.5. The maximum Gasteiger partial charge on any atom is 0.264 e. The van der Waals surface area contributed by atoms with E-state index in [4.69, 9.17) is 16.3 Å². The molecule has 3 rings (SSSR count). The number of carbonyl (C=O) groups is 1. The number of sulfonamides is 1. The van der Waals surface area contributed by atoms with Crippen LogP contribution in [0.4, 0.5) is 10.1 Å². The summed E-state index contributed by atoms with van der Waals surface area (Å²) in [7, 11) is -2.58. The van der Waals surface area contributed by atoms with Crippen LogP contribution < -0.4 is 14.4 Å². The summed E-state index contributed by atoms with van der Waals surface area (Å²) in [5.41, 5.74) is 2.11. The summed E-state index contributed by atoms with van der Waals surface area (Å²) in [5, 5.41) is 2.98. The van der Waals surface area contributed by atoms with E-state index < -0.39 is 22.5 Å². The Bertz CT molecular complexity index is 1230. The lowest BCUT2D eigenvalue weighted by Crippen LogP contribution is -2.41. The van der Waals surface area contributed by atoms with Gasteiger partial charge in [-0.05, 0) is 67.8 Å². The maximum absolute atomic E-state index is 13.4. The van der Waals surface area contributed by atoms with Crippen LogP contribution in [0.2, 0.25) is 5.02 Å². The summed E-state index contributed by atoms with van der Waals surface area (Å²) in [6, 6.07) is 17.1. The van der Waals surface area contributed by atoms with Gasteiger partial charge in [-0.3, -0.25) is 9.10 Å². The Balaban J connectivity index is 1.75. The Hall–Kier alpha value is -3.10. The summed E-state index contributed by atoms with van der Waals surface area (Å²) in [6.45, 7) is 1.78. The second-order valence-corrected chi connectivity index (χ2v) is 9.99. The lowest BCUT2D eigenvalue weighted by atomic mass is 10.1. The molecule has 0 heterocycles. The average molecular weight is 505 g/mol. The van der Waals surface area contributed by atoms with E-state index in [-0.39, 0.29) is 21.4 Å². The minimum absolute atomic E-state index is 0.0640. The monoisotopic (exact) mass is 504 g/mol. The van der Waals surface area contributed by atoms with Crippen LogP contribution in [-0.4, -0.2) is 34.5 Å². The number of methoxy groups -OCH3 is 1. The third kappa shape index (κ3) is 6.48. The van der Waals surface area contributed by atoms with Crippen molar-refractivity contribution in [3.8, 4) is 5.75 Å². The van der Waals surface area contributed by atoms with Gasteiger partial charge in [0, 0.05) is 6.54 Å². The second kappa shape index (κ2) is 11.4. The maximum atomic E-state index is 13.4. The standard InChI is InChI=1S/C25H26ClFN2O4S/c1-18-5-12-22(13-6-18)34(31,32)29(21-11-14-24(33-2)23(26)16-21)17-25(30)28-15-3-4-19-7-9-20(27)10-8-19/h5-14,16H,3-4,15,17H2,1-2H3,(H,28,30). The van der Waals surface area contributed by atoms with Crippen LogP contribution >= 0.6 is 11.6 Å². The first-order chi connectivity index (χ1) is 16.2. The third-order valence-corrected chi connectivity index (χ3v) is 7.28. The smallest absolute Gasteiger partial charge is 0.264 e. The van der Waals surface area contributed by atoms with Crippen molar-refractivity contribution in [1.82, 2.24) is 5.32 Å². The molecule has 0 atom stereocenters. The molecule has 0 aromatic heterocycles. The number of nitrogens with zero attached hydrogens (tertiary/aromatic N) is 1. The molecular formula is C25H26ClFN2O4S. The van der Waals surface area contributed by atoms with Gasteiger partial charge in [0.25, 0.3) is 10.0 Å². The van der Waals surface area contributed by atoms with Crippen LogP contribution in [0.5, 0.6) is 5.75 Å². The molecule has 1 N–H and O–H groups in total. The van der Waals surface area contributed by atoms with Gasteiger partial charge >= 0.3 is 0 Å². The van der Waals surface area contributed by atoms with Crippen molar-refractivity contribution in [2.45, 2.75) is 24.7 Å². The first-order valence-electron chi connectivity index (χ1n) is 10.6. The van der Waals surface area contributed by atoms with E-state index in [9.17, 15) is 17.6 Å². The molecule has 0 aliphatic carbocycles. The Kier molecular flexibility index (Phi) is 8.52. The largest absolute Gasteiger partial charge is 0.495 e. The summed E-state index contributed by atoms with van der Waals surface area (Å²) in [5.74, 6) is -0.365. The molecule has 0 unspecified atom stereocenters. The second-order valence-electron chi connectivity index (χ2n) is 7.72. The Labute approximate surface area is 204 Å². The lowest BCUT2D eigenvalue weighted by molar-refractivity contribution is -0.119. The van der Waals surface area contributed by atoms with Gasteiger partial charge in [0.2, 0.25) is 5.91 Å². The van der Waals surface area contributed by atoms with E-state index in [2.05, 4.69) is 5.32 Å². The fourth-order valence-corrected chi connectivity index (χ4v) is 4.99. The van der Waals surface area contributed by atoms with Gasteiger partial charge in [-0.15, -0.1) is 0 Å². The number of hydrogen-bond acceptors (Lipinski definition) is 4. The predicted molar refractivity (Wildman–Crippen MR) is 131 cm³/mol. The number of aryl methyl sites for hydroxylation is 2. The first-order valence-corrected chi connectivity index (χ1v) is 12.5. The van der Waals surface area contributed by atoms with Crippen molar-refractivity contribution in [2.24, 2.45) is 0 Å². The molecule has 9 heteroatoms. The molecule has 0 bridgehead atoms. The topological polar surface area (TPSA) is 75.7 Å². The zero-order chi connectivity index (χ0) is 24.7. The molecule has 0 aliphatic rings. The molecule has 0 aliphatic heterocycles. The first kappa shape index (κ1) is 25.5. The number of rotatable bonds is 10. The molecule has 180 valence electrons. The van der Waals surface area contributed by atoms with Crippen LogP contribution in [0.25, 0.3) is 0 Å². The molecule has 3 aromatic rings. The number of ether oxygens (including phenoxy) is 1. The van der Waals surface area contributed by atoms with E-state index in [1.54, 1.807) is 30.3 Å².